The topological polar surface area (TPSA) is 89.5 Å². The van der Waals surface area contributed by atoms with E-state index in [4.69, 9.17) is 4.74 Å². The summed E-state index contributed by atoms with van der Waals surface area (Å²) in [4.78, 5) is 52.7. The van der Waals surface area contributed by atoms with Crippen LogP contribution in [0.1, 0.15) is 29.7 Å². The first-order valence-electron chi connectivity index (χ1n) is 15.4. The number of likely N-dealkylation sites (tertiary alicyclic amines) is 1. The van der Waals surface area contributed by atoms with Gasteiger partial charge in [-0.25, -0.2) is 4.98 Å². The SMILES string of the molecule is C=C(CN(C)C)C(=O)N1CC(OCCCN2C[C@H]3CC(=O)N(c4cc(C(F)(F)F)cc(C)n4)[C@@H]3C(=O)N(C)c3cccc(C)c32)C1. The van der Waals surface area contributed by atoms with Gasteiger partial charge < -0.3 is 24.3 Å². The summed E-state index contributed by atoms with van der Waals surface area (Å²) in [5.41, 5.74) is 2.21. The molecule has 0 unspecified atom stereocenters. The fraction of sp³-hybridized carbons (Fsp3) is 0.515. The highest BCUT2D eigenvalue weighted by Crippen LogP contribution is 2.41. The van der Waals surface area contributed by atoms with Gasteiger partial charge in [-0.3, -0.25) is 19.3 Å². The molecule has 3 amide bonds. The normalized spacial score (nSPS) is 20.5. The van der Waals surface area contributed by atoms with E-state index in [1.807, 2.05) is 44.1 Å². The number of carbonyl (C=O) groups excluding carboxylic acids is 3. The van der Waals surface area contributed by atoms with Crippen molar-refractivity contribution in [3.63, 3.8) is 0 Å². The van der Waals surface area contributed by atoms with Crippen molar-refractivity contribution in [2.24, 2.45) is 5.92 Å². The summed E-state index contributed by atoms with van der Waals surface area (Å²) in [6.45, 7) is 10.2. The molecule has 2 fully saturated rings. The molecular formula is C33H41F3N6O4. The Bertz CT molecular complexity index is 1520. The molecule has 10 nitrogen and oxygen atoms in total. The molecule has 13 heteroatoms. The smallest absolute Gasteiger partial charge is 0.374 e. The number of nitrogens with zero attached hydrogens (tertiary/aromatic N) is 6. The van der Waals surface area contributed by atoms with Crippen LogP contribution in [-0.4, -0.2) is 105 Å². The monoisotopic (exact) mass is 642 g/mol. The third-order valence-corrected chi connectivity index (χ3v) is 8.75. The standard InChI is InChI=1S/C33H41F3N6O4/c1-20-9-7-10-26-29(20)40(11-8-12-46-25-18-41(19-25)31(44)21(2)16-38(4)5)17-23-14-28(43)42(30(23)32(45)39(26)6)27-15-24(33(34,35)36)13-22(3)37-27/h7,9-10,13,15,23,25,30H,2,8,11-12,14,16-19H2,1,3-6H3/t23-,30+/m1/s1. The lowest BCUT2D eigenvalue weighted by atomic mass is 9.95. The van der Waals surface area contributed by atoms with E-state index in [9.17, 15) is 27.6 Å². The van der Waals surface area contributed by atoms with Gasteiger partial charge in [0.25, 0.3) is 5.91 Å². The molecule has 2 atom stereocenters. The summed E-state index contributed by atoms with van der Waals surface area (Å²) in [6.07, 6.45) is -4.04. The highest BCUT2D eigenvalue weighted by Gasteiger charge is 2.49. The summed E-state index contributed by atoms with van der Waals surface area (Å²) in [5.74, 6) is -1.53. The van der Waals surface area contributed by atoms with E-state index in [1.54, 1.807) is 11.9 Å². The summed E-state index contributed by atoms with van der Waals surface area (Å²) in [5, 5.41) is 0. The van der Waals surface area contributed by atoms with Gasteiger partial charge in [0, 0.05) is 70.0 Å². The van der Waals surface area contributed by atoms with E-state index >= 15 is 0 Å². The maximum absolute atomic E-state index is 14.0. The van der Waals surface area contributed by atoms with E-state index in [-0.39, 0.29) is 35.9 Å². The predicted octanol–water partition coefficient (Wildman–Crippen LogP) is 3.66. The van der Waals surface area contributed by atoms with Gasteiger partial charge in [-0.1, -0.05) is 18.7 Å². The van der Waals surface area contributed by atoms with E-state index < -0.39 is 29.6 Å². The minimum absolute atomic E-state index is 0.000482. The van der Waals surface area contributed by atoms with Gasteiger partial charge in [0.1, 0.15) is 11.9 Å². The summed E-state index contributed by atoms with van der Waals surface area (Å²) >= 11 is 0. The van der Waals surface area contributed by atoms with Crippen LogP contribution < -0.4 is 14.7 Å². The lowest BCUT2D eigenvalue weighted by Gasteiger charge is -2.40. The number of aromatic nitrogens is 1. The second-order valence-corrected chi connectivity index (χ2v) is 12.7. The van der Waals surface area contributed by atoms with Crippen molar-refractivity contribution in [2.75, 3.05) is 75.2 Å². The van der Waals surface area contributed by atoms with Gasteiger partial charge in [-0.05, 0) is 58.1 Å². The molecule has 1 aromatic heterocycles. The number of halogens is 3. The number of anilines is 3. The number of benzene rings is 1. The summed E-state index contributed by atoms with van der Waals surface area (Å²) in [7, 11) is 5.40. The number of hydrogen-bond donors (Lipinski definition) is 0. The molecule has 0 spiro atoms. The third-order valence-electron chi connectivity index (χ3n) is 8.75. The molecule has 2 aromatic rings. The number of aryl methyl sites for hydroxylation is 2. The molecule has 4 heterocycles. The molecule has 3 aliphatic heterocycles. The Morgan fingerprint density at radius 1 is 1.13 bits per heavy atom. The minimum atomic E-state index is -4.63. The average molecular weight is 643 g/mol. The number of likely N-dealkylation sites (N-methyl/N-ethyl adjacent to an activating group) is 2. The molecule has 0 radical (unpaired) electrons. The van der Waals surface area contributed by atoms with Gasteiger partial charge in [-0.15, -0.1) is 0 Å². The van der Waals surface area contributed by atoms with E-state index in [2.05, 4.69) is 16.5 Å². The highest BCUT2D eigenvalue weighted by molar-refractivity contribution is 6.10. The zero-order valence-electron chi connectivity index (χ0n) is 26.9. The number of carbonyl (C=O) groups is 3. The van der Waals surface area contributed by atoms with Gasteiger partial charge in [0.05, 0.1) is 23.0 Å². The summed E-state index contributed by atoms with van der Waals surface area (Å²) < 4.78 is 47.1. The first-order valence-corrected chi connectivity index (χ1v) is 15.4. The first kappa shape index (κ1) is 33.4. The number of hydrogen-bond acceptors (Lipinski definition) is 7. The Hall–Kier alpha value is -3.97. The van der Waals surface area contributed by atoms with Crippen molar-refractivity contribution in [1.29, 1.82) is 0 Å². The van der Waals surface area contributed by atoms with Crippen LogP contribution in [0.4, 0.5) is 30.4 Å². The van der Waals surface area contributed by atoms with Crippen molar-refractivity contribution in [3.05, 3.63) is 59.3 Å². The van der Waals surface area contributed by atoms with Crippen LogP contribution in [0.25, 0.3) is 0 Å². The second kappa shape index (κ2) is 13.0. The Balaban J connectivity index is 1.32. The maximum Gasteiger partial charge on any atom is 0.416 e. The van der Waals surface area contributed by atoms with E-state index in [1.165, 1.54) is 11.8 Å². The molecule has 0 aliphatic carbocycles. The lowest BCUT2D eigenvalue weighted by molar-refractivity contribution is -0.141. The zero-order chi connectivity index (χ0) is 33.5. The Morgan fingerprint density at radius 2 is 1.85 bits per heavy atom. The molecule has 2 saturated heterocycles. The number of rotatable bonds is 9. The first-order chi connectivity index (χ1) is 21.6. The van der Waals surface area contributed by atoms with Gasteiger partial charge in [0.15, 0.2) is 0 Å². The van der Waals surface area contributed by atoms with Crippen LogP contribution in [0.15, 0.2) is 42.5 Å². The Kier molecular flexibility index (Phi) is 9.46. The van der Waals surface area contributed by atoms with E-state index in [0.717, 1.165) is 28.3 Å². The lowest BCUT2D eigenvalue weighted by Crippen LogP contribution is -2.55. The van der Waals surface area contributed by atoms with Crippen molar-refractivity contribution >= 4 is 34.9 Å². The molecule has 0 N–H and O–H groups in total. The van der Waals surface area contributed by atoms with Crippen molar-refractivity contribution in [2.45, 2.75) is 45.0 Å². The predicted molar refractivity (Wildman–Crippen MR) is 169 cm³/mol. The van der Waals surface area contributed by atoms with E-state index in [0.29, 0.717) is 57.0 Å². The van der Waals surface area contributed by atoms with Crippen LogP contribution >= 0.6 is 0 Å². The van der Waals surface area contributed by atoms with Crippen molar-refractivity contribution in [1.82, 2.24) is 14.8 Å². The number of pyridine rings is 1. The minimum Gasteiger partial charge on any atom is -0.374 e. The highest BCUT2D eigenvalue weighted by atomic mass is 19.4. The number of amides is 3. The largest absolute Gasteiger partial charge is 0.416 e. The van der Waals surface area contributed by atoms with Gasteiger partial charge in [0.2, 0.25) is 11.8 Å². The van der Waals surface area contributed by atoms with Gasteiger partial charge >= 0.3 is 6.18 Å². The van der Waals surface area contributed by atoms with Crippen molar-refractivity contribution in [3.8, 4) is 0 Å². The number of alkyl halides is 3. The third kappa shape index (κ3) is 6.75. The Labute approximate surface area is 267 Å². The van der Waals surface area contributed by atoms with Gasteiger partial charge in [-0.2, -0.15) is 13.2 Å². The molecule has 5 rings (SSSR count). The zero-order valence-corrected chi connectivity index (χ0v) is 26.9. The average Bonchev–Trinajstić information content (AvgIpc) is 3.27. The molecule has 1 aromatic carbocycles. The molecule has 248 valence electrons. The fourth-order valence-electron chi connectivity index (χ4n) is 6.59. The molecule has 3 aliphatic rings. The molecule has 0 saturated carbocycles. The second-order valence-electron chi connectivity index (χ2n) is 12.7. The van der Waals surface area contributed by atoms with Crippen LogP contribution in [0.3, 0.4) is 0 Å². The molecule has 0 bridgehead atoms. The fourth-order valence-corrected chi connectivity index (χ4v) is 6.59. The number of fused-ring (bicyclic) bond motifs is 2. The summed E-state index contributed by atoms with van der Waals surface area (Å²) in [6, 6.07) is 6.41. The van der Waals surface area contributed by atoms with Crippen LogP contribution in [0, 0.1) is 19.8 Å². The van der Waals surface area contributed by atoms with Crippen LogP contribution in [0.2, 0.25) is 0 Å². The molecule has 46 heavy (non-hydrogen) atoms. The maximum atomic E-state index is 14.0. The van der Waals surface area contributed by atoms with Crippen LogP contribution in [-0.2, 0) is 25.3 Å². The number of para-hydroxylation sites is 1. The Morgan fingerprint density at radius 3 is 2.52 bits per heavy atom. The van der Waals surface area contributed by atoms with Crippen molar-refractivity contribution < 1.29 is 32.3 Å². The quantitative estimate of drug-likeness (QED) is 0.305. The number of ether oxygens (including phenoxy) is 1. The molecular weight excluding hydrogens is 601 g/mol. The van der Waals surface area contributed by atoms with Crippen LogP contribution in [0.5, 0.6) is 0 Å².